The lowest BCUT2D eigenvalue weighted by Gasteiger charge is -2.10. The lowest BCUT2D eigenvalue weighted by atomic mass is 9.96. The van der Waals surface area contributed by atoms with Crippen molar-refractivity contribution in [1.82, 2.24) is 8.97 Å². The first-order valence-corrected chi connectivity index (χ1v) is 11.2. The van der Waals surface area contributed by atoms with Crippen molar-refractivity contribution in [2.45, 2.75) is 39.2 Å². The number of aryl methyl sites for hydroxylation is 2. The van der Waals surface area contributed by atoms with E-state index in [9.17, 15) is 4.79 Å². The Morgan fingerprint density at radius 3 is 2.12 bits per heavy atom. The monoisotopic (exact) mass is 428 g/mol. The van der Waals surface area contributed by atoms with Crippen molar-refractivity contribution in [2.24, 2.45) is 0 Å². The number of Topliss-reactive ketones (excluding diaryl/α,β-unsaturated/α-hetero) is 1. The second-order valence-corrected chi connectivity index (χ2v) is 8.25. The average molecular weight is 429 g/mol. The van der Waals surface area contributed by atoms with Gasteiger partial charge in [-0.25, -0.2) is 0 Å². The molecule has 1 aliphatic heterocycles. The molecule has 5 rings (SSSR count). The standard InChI is InChI=1S/C27H28N2O3/c1-4-24(30)26-25(19-10-14-21(32-3)15-11-19)22-7-5-6-16-28-23(17-29(26)27(22)28)18-8-12-20(31-2)13-9-18/h8-15,17H,4-7,16H2,1-3H3. The van der Waals surface area contributed by atoms with Crippen molar-refractivity contribution in [3.63, 3.8) is 0 Å². The highest BCUT2D eigenvalue weighted by molar-refractivity contribution is 6.04. The minimum atomic E-state index is 0.163. The van der Waals surface area contributed by atoms with E-state index in [2.05, 4.69) is 39.4 Å². The summed E-state index contributed by atoms with van der Waals surface area (Å²) in [5.74, 6) is 1.82. The van der Waals surface area contributed by atoms with Crippen LogP contribution in [0, 0.1) is 0 Å². The summed E-state index contributed by atoms with van der Waals surface area (Å²) in [6, 6.07) is 16.2. The first kappa shape index (κ1) is 20.4. The van der Waals surface area contributed by atoms with Crippen LogP contribution in [0.4, 0.5) is 0 Å². The molecule has 0 aliphatic carbocycles. The third-order valence-electron chi connectivity index (χ3n) is 6.48. The molecule has 5 nitrogen and oxygen atoms in total. The summed E-state index contributed by atoms with van der Waals surface area (Å²) in [5.41, 5.74) is 7.62. The maximum Gasteiger partial charge on any atom is 0.179 e. The first-order valence-electron chi connectivity index (χ1n) is 11.2. The molecule has 0 fully saturated rings. The van der Waals surface area contributed by atoms with Crippen LogP contribution in [0.25, 0.3) is 28.0 Å². The molecular formula is C27H28N2O3. The highest BCUT2D eigenvalue weighted by Crippen LogP contribution is 2.40. The van der Waals surface area contributed by atoms with Crippen LogP contribution in [0.5, 0.6) is 11.5 Å². The summed E-state index contributed by atoms with van der Waals surface area (Å²) >= 11 is 0. The Labute approximate surface area is 188 Å². The zero-order valence-corrected chi connectivity index (χ0v) is 18.9. The van der Waals surface area contributed by atoms with Crippen molar-refractivity contribution in [2.75, 3.05) is 14.2 Å². The largest absolute Gasteiger partial charge is 0.497 e. The van der Waals surface area contributed by atoms with Crippen LogP contribution in [-0.4, -0.2) is 29.0 Å². The fourth-order valence-corrected chi connectivity index (χ4v) is 4.89. The molecule has 5 heteroatoms. The molecule has 0 amide bonds. The van der Waals surface area contributed by atoms with Crippen molar-refractivity contribution in [3.05, 3.63) is 66.0 Å². The smallest absolute Gasteiger partial charge is 0.179 e. The van der Waals surface area contributed by atoms with Gasteiger partial charge < -0.3 is 14.0 Å². The van der Waals surface area contributed by atoms with Gasteiger partial charge in [0, 0.05) is 30.3 Å². The number of hydrogen-bond donors (Lipinski definition) is 0. The Balaban J connectivity index is 1.78. The molecule has 3 heterocycles. The Morgan fingerprint density at radius 2 is 1.53 bits per heavy atom. The fourth-order valence-electron chi connectivity index (χ4n) is 4.89. The maximum atomic E-state index is 13.2. The topological polar surface area (TPSA) is 44.9 Å². The van der Waals surface area contributed by atoms with Crippen molar-refractivity contribution >= 4 is 11.4 Å². The van der Waals surface area contributed by atoms with Crippen LogP contribution in [-0.2, 0) is 13.0 Å². The molecule has 0 saturated carbocycles. The van der Waals surface area contributed by atoms with Gasteiger partial charge in [-0.3, -0.25) is 9.20 Å². The van der Waals surface area contributed by atoms with E-state index in [0.717, 1.165) is 71.0 Å². The van der Waals surface area contributed by atoms with E-state index in [4.69, 9.17) is 9.47 Å². The molecule has 0 unspecified atom stereocenters. The van der Waals surface area contributed by atoms with E-state index < -0.39 is 0 Å². The number of carbonyl (C=O) groups is 1. The molecule has 0 radical (unpaired) electrons. The van der Waals surface area contributed by atoms with Gasteiger partial charge in [0.15, 0.2) is 5.78 Å². The number of benzene rings is 2. The van der Waals surface area contributed by atoms with Crippen LogP contribution in [0.1, 0.15) is 42.2 Å². The molecule has 2 aromatic carbocycles. The molecule has 164 valence electrons. The van der Waals surface area contributed by atoms with E-state index >= 15 is 0 Å². The van der Waals surface area contributed by atoms with E-state index in [1.807, 2.05) is 31.2 Å². The summed E-state index contributed by atoms with van der Waals surface area (Å²) < 4.78 is 15.2. The molecule has 0 saturated heterocycles. The minimum Gasteiger partial charge on any atom is -0.497 e. The lowest BCUT2D eigenvalue weighted by Crippen LogP contribution is -2.03. The number of methoxy groups -OCH3 is 2. The predicted molar refractivity (Wildman–Crippen MR) is 127 cm³/mol. The molecule has 0 N–H and O–H groups in total. The highest BCUT2D eigenvalue weighted by Gasteiger charge is 2.28. The summed E-state index contributed by atoms with van der Waals surface area (Å²) in [5, 5.41) is 0. The van der Waals surface area contributed by atoms with Crippen LogP contribution in [0.3, 0.4) is 0 Å². The Kier molecular flexibility index (Phi) is 5.25. The summed E-state index contributed by atoms with van der Waals surface area (Å²) in [6.07, 6.45) is 5.79. The molecule has 32 heavy (non-hydrogen) atoms. The van der Waals surface area contributed by atoms with Gasteiger partial charge in [-0.2, -0.15) is 0 Å². The van der Waals surface area contributed by atoms with Crippen molar-refractivity contribution in [1.29, 1.82) is 0 Å². The summed E-state index contributed by atoms with van der Waals surface area (Å²) in [4.78, 5) is 13.2. The lowest BCUT2D eigenvalue weighted by molar-refractivity contribution is 0.0983. The van der Waals surface area contributed by atoms with Gasteiger partial charge in [-0.1, -0.05) is 19.1 Å². The quantitative estimate of drug-likeness (QED) is 0.353. The molecular weight excluding hydrogens is 400 g/mol. The second-order valence-electron chi connectivity index (χ2n) is 8.25. The summed E-state index contributed by atoms with van der Waals surface area (Å²) in [6.45, 7) is 2.88. The van der Waals surface area contributed by atoms with E-state index in [1.165, 1.54) is 5.56 Å². The average Bonchev–Trinajstić information content (AvgIpc) is 3.26. The van der Waals surface area contributed by atoms with Gasteiger partial charge >= 0.3 is 0 Å². The van der Waals surface area contributed by atoms with Gasteiger partial charge in [0.25, 0.3) is 0 Å². The van der Waals surface area contributed by atoms with Crippen molar-refractivity contribution in [3.8, 4) is 33.9 Å². The number of ketones is 1. The number of ether oxygens (including phenoxy) is 2. The van der Waals surface area contributed by atoms with Crippen LogP contribution in [0.2, 0.25) is 0 Å². The van der Waals surface area contributed by atoms with Crippen LogP contribution >= 0.6 is 0 Å². The number of hydrogen-bond acceptors (Lipinski definition) is 3. The predicted octanol–water partition coefficient (Wildman–Crippen LogP) is 6.02. The van der Waals surface area contributed by atoms with Crippen LogP contribution < -0.4 is 9.47 Å². The second kappa shape index (κ2) is 8.23. The molecule has 4 aromatic rings. The van der Waals surface area contributed by atoms with Crippen molar-refractivity contribution < 1.29 is 14.3 Å². The van der Waals surface area contributed by atoms with Gasteiger partial charge in [0.05, 0.1) is 25.6 Å². The Bertz CT molecular complexity index is 1280. The minimum absolute atomic E-state index is 0.163. The molecule has 0 atom stereocenters. The molecule has 2 aromatic heterocycles. The zero-order chi connectivity index (χ0) is 22.2. The fraction of sp³-hybridized carbons (Fsp3) is 0.296. The highest BCUT2D eigenvalue weighted by atomic mass is 16.5. The number of nitrogens with zero attached hydrogens (tertiary/aromatic N) is 2. The normalized spacial score (nSPS) is 13.2. The van der Waals surface area contributed by atoms with Gasteiger partial charge in [-0.05, 0) is 66.8 Å². The van der Waals surface area contributed by atoms with E-state index in [-0.39, 0.29) is 5.78 Å². The van der Waals surface area contributed by atoms with Gasteiger partial charge in [0.2, 0.25) is 0 Å². The number of aromatic nitrogens is 2. The SMILES string of the molecule is CCC(=O)c1c(-c2ccc(OC)cc2)c2c3n(c(-c4ccc(OC)cc4)cn13)CCCC2. The third kappa shape index (κ3) is 3.20. The van der Waals surface area contributed by atoms with Crippen LogP contribution in [0.15, 0.2) is 54.7 Å². The molecule has 0 bridgehead atoms. The zero-order valence-electron chi connectivity index (χ0n) is 18.9. The Hall–Kier alpha value is -3.47. The van der Waals surface area contributed by atoms with E-state index in [0.29, 0.717) is 6.42 Å². The third-order valence-corrected chi connectivity index (χ3v) is 6.48. The van der Waals surface area contributed by atoms with Gasteiger partial charge in [0.1, 0.15) is 17.1 Å². The summed E-state index contributed by atoms with van der Waals surface area (Å²) in [7, 11) is 3.35. The van der Waals surface area contributed by atoms with Gasteiger partial charge in [-0.15, -0.1) is 0 Å². The maximum absolute atomic E-state index is 13.2. The molecule has 1 aliphatic rings. The number of rotatable bonds is 6. The number of imidazole rings is 1. The Morgan fingerprint density at radius 1 is 0.906 bits per heavy atom. The molecule has 0 spiro atoms. The first-order chi connectivity index (χ1) is 15.7. The van der Waals surface area contributed by atoms with E-state index in [1.54, 1.807) is 14.2 Å². The number of carbonyl (C=O) groups excluding carboxylic acids is 1.